The molecule has 14 heavy (non-hydrogen) atoms. The van der Waals surface area contributed by atoms with E-state index >= 15 is 0 Å². The lowest BCUT2D eigenvalue weighted by Crippen LogP contribution is -1.88. The van der Waals surface area contributed by atoms with Crippen LogP contribution in [0.3, 0.4) is 0 Å². The van der Waals surface area contributed by atoms with Crippen LogP contribution < -0.4 is 5.73 Å². The maximum Gasteiger partial charge on any atom is 0.0484 e. The van der Waals surface area contributed by atoms with E-state index in [1.54, 1.807) is 11.3 Å². The van der Waals surface area contributed by atoms with Crippen LogP contribution in [-0.4, -0.2) is 0 Å². The normalized spacial score (nSPS) is 10.4. The van der Waals surface area contributed by atoms with Crippen molar-refractivity contribution in [2.45, 2.75) is 6.92 Å². The molecule has 1 aromatic heterocycles. The Morgan fingerprint density at radius 3 is 2.64 bits per heavy atom. The van der Waals surface area contributed by atoms with Gasteiger partial charge in [-0.2, -0.15) is 0 Å². The molecule has 1 nitrogen and oxygen atoms in total. The molecule has 0 fully saturated rings. The number of hydrogen-bond acceptors (Lipinski definition) is 2. The van der Waals surface area contributed by atoms with Gasteiger partial charge in [-0.25, -0.2) is 0 Å². The third-order valence-corrected chi connectivity index (χ3v) is 4.04. The Morgan fingerprint density at radius 2 is 2.07 bits per heavy atom. The van der Waals surface area contributed by atoms with Crippen LogP contribution in [0.1, 0.15) is 5.56 Å². The molecule has 72 valence electrons. The number of halogens is 1. The molecule has 0 amide bonds. The standard InChI is InChI=1S/C11H10BrNS/c1-7-6-8(2-3-10(7)13)11-9(12)4-5-14-11/h2-6H,13H2,1H3. The lowest BCUT2D eigenvalue weighted by molar-refractivity contribution is 1.47. The summed E-state index contributed by atoms with van der Waals surface area (Å²) >= 11 is 5.25. The van der Waals surface area contributed by atoms with Gasteiger partial charge in [-0.3, -0.25) is 0 Å². The Kier molecular flexibility index (Phi) is 2.61. The number of benzene rings is 1. The Hall–Kier alpha value is -0.800. The second-order valence-corrected chi connectivity index (χ2v) is 4.94. The first kappa shape index (κ1) is 9.74. The van der Waals surface area contributed by atoms with E-state index in [1.807, 2.05) is 13.0 Å². The Bertz CT molecular complexity index is 462. The van der Waals surface area contributed by atoms with Crippen molar-refractivity contribution in [3.63, 3.8) is 0 Å². The third-order valence-electron chi connectivity index (χ3n) is 2.15. The zero-order chi connectivity index (χ0) is 10.1. The second-order valence-electron chi connectivity index (χ2n) is 3.17. The van der Waals surface area contributed by atoms with E-state index in [1.165, 1.54) is 10.4 Å². The van der Waals surface area contributed by atoms with Crippen LogP contribution in [0.2, 0.25) is 0 Å². The van der Waals surface area contributed by atoms with Crippen molar-refractivity contribution in [2.24, 2.45) is 0 Å². The van der Waals surface area contributed by atoms with Crippen molar-refractivity contribution in [1.29, 1.82) is 0 Å². The highest BCUT2D eigenvalue weighted by Gasteiger charge is 2.05. The largest absolute Gasteiger partial charge is 0.399 e. The molecule has 2 N–H and O–H groups in total. The van der Waals surface area contributed by atoms with Crippen LogP contribution in [-0.2, 0) is 0 Å². The molecule has 0 saturated heterocycles. The first-order chi connectivity index (χ1) is 6.68. The van der Waals surface area contributed by atoms with E-state index in [-0.39, 0.29) is 0 Å². The zero-order valence-corrected chi connectivity index (χ0v) is 10.2. The van der Waals surface area contributed by atoms with Gasteiger partial charge < -0.3 is 5.73 Å². The minimum absolute atomic E-state index is 0.849. The second kappa shape index (κ2) is 3.75. The molecule has 1 heterocycles. The summed E-state index contributed by atoms with van der Waals surface area (Å²) in [6, 6.07) is 8.19. The molecule has 2 aromatic rings. The summed E-state index contributed by atoms with van der Waals surface area (Å²) in [6.07, 6.45) is 0. The summed E-state index contributed by atoms with van der Waals surface area (Å²) in [5.74, 6) is 0. The van der Waals surface area contributed by atoms with E-state index in [2.05, 4.69) is 39.5 Å². The van der Waals surface area contributed by atoms with Crippen LogP contribution in [0.25, 0.3) is 10.4 Å². The van der Waals surface area contributed by atoms with Gasteiger partial charge >= 0.3 is 0 Å². The lowest BCUT2D eigenvalue weighted by Gasteiger charge is -2.03. The van der Waals surface area contributed by atoms with Gasteiger partial charge in [0.05, 0.1) is 0 Å². The maximum absolute atomic E-state index is 5.77. The maximum atomic E-state index is 5.77. The Balaban J connectivity index is 2.53. The molecular formula is C11H10BrNS. The minimum atomic E-state index is 0.849. The predicted octanol–water partition coefficient (Wildman–Crippen LogP) is 4.07. The van der Waals surface area contributed by atoms with E-state index in [4.69, 9.17) is 5.73 Å². The highest BCUT2D eigenvalue weighted by Crippen LogP contribution is 2.34. The van der Waals surface area contributed by atoms with E-state index in [9.17, 15) is 0 Å². The molecule has 3 heteroatoms. The fourth-order valence-electron chi connectivity index (χ4n) is 1.32. The van der Waals surface area contributed by atoms with Gasteiger partial charge in [-0.15, -0.1) is 11.3 Å². The molecule has 0 saturated carbocycles. The number of rotatable bonds is 1. The van der Waals surface area contributed by atoms with Crippen LogP contribution in [0.15, 0.2) is 34.1 Å². The average molecular weight is 268 g/mol. The molecule has 0 unspecified atom stereocenters. The highest BCUT2D eigenvalue weighted by molar-refractivity contribution is 9.10. The van der Waals surface area contributed by atoms with Crippen molar-refractivity contribution in [3.8, 4) is 10.4 Å². The summed E-state index contributed by atoms with van der Waals surface area (Å²) < 4.78 is 1.15. The molecule has 1 aromatic carbocycles. The molecule has 0 aliphatic rings. The van der Waals surface area contributed by atoms with Gasteiger partial charge in [0.25, 0.3) is 0 Å². The number of thiophene rings is 1. The Morgan fingerprint density at radius 1 is 1.29 bits per heavy atom. The molecule has 0 radical (unpaired) electrons. The summed E-state index contributed by atoms with van der Waals surface area (Å²) in [6.45, 7) is 2.03. The molecule has 0 aliphatic carbocycles. The zero-order valence-electron chi connectivity index (χ0n) is 7.75. The van der Waals surface area contributed by atoms with Crippen molar-refractivity contribution in [1.82, 2.24) is 0 Å². The summed E-state index contributed by atoms with van der Waals surface area (Å²) in [4.78, 5) is 1.26. The number of nitrogens with two attached hydrogens (primary N) is 1. The highest BCUT2D eigenvalue weighted by atomic mass is 79.9. The lowest BCUT2D eigenvalue weighted by atomic mass is 10.1. The first-order valence-corrected chi connectivity index (χ1v) is 5.95. The van der Waals surface area contributed by atoms with Crippen molar-refractivity contribution in [2.75, 3.05) is 5.73 Å². The van der Waals surface area contributed by atoms with Gasteiger partial charge in [0.15, 0.2) is 0 Å². The smallest absolute Gasteiger partial charge is 0.0484 e. The number of aryl methyl sites for hydroxylation is 1. The van der Waals surface area contributed by atoms with Gasteiger partial charge in [0.1, 0.15) is 0 Å². The molecule has 0 atom stereocenters. The minimum Gasteiger partial charge on any atom is -0.399 e. The topological polar surface area (TPSA) is 26.0 Å². The molecule has 2 rings (SSSR count). The van der Waals surface area contributed by atoms with Gasteiger partial charge in [0, 0.05) is 15.0 Å². The van der Waals surface area contributed by atoms with Crippen molar-refractivity contribution < 1.29 is 0 Å². The third kappa shape index (κ3) is 1.70. The predicted molar refractivity (Wildman–Crippen MR) is 66.6 cm³/mol. The number of anilines is 1. The SMILES string of the molecule is Cc1cc(-c2sccc2Br)ccc1N. The first-order valence-electron chi connectivity index (χ1n) is 4.28. The molecule has 0 spiro atoms. The molecule has 0 bridgehead atoms. The van der Waals surface area contributed by atoms with Crippen LogP contribution in [0.4, 0.5) is 5.69 Å². The Labute approximate surface area is 95.7 Å². The molecular weight excluding hydrogens is 258 g/mol. The van der Waals surface area contributed by atoms with Crippen molar-refractivity contribution >= 4 is 33.0 Å². The van der Waals surface area contributed by atoms with Crippen LogP contribution in [0, 0.1) is 6.92 Å². The van der Waals surface area contributed by atoms with Gasteiger partial charge in [-0.1, -0.05) is 6.07 Å². The quantitative estimate of drug-likeness (QED) is 0.775. The van der Waals surface area contributed by atoms with E-state index in [0.717, 1.165) is 15.7 Å². The van der Waals surface area contributed by atoms with E-state index < -0.39 is 0 Å². The summed E-state index contributed by atoms with van der Waals surface area (Å²) in [7, 11) is 0. The summed E-state index contributed by atoms with van der Waals surface area (Å²) in [5, 5.41) is 2.07. The van der Waals surface area contributed by atoms with Crippen molar-refractivity contribution in [3.05, 3.63) is 39.7 Å². The monoisotopic (exact) mass is 267 g/mol. The summed E-state index contributed by atoms with van der Waals surface area (Å²) in [5.41, 5.74) is 8.97. The van der Waals surface area contributed by atoms with Crippen LogP contribution in [0.5, 0.6) is 0 Å². The van der Waals surface area contributed by atoms with Gasteiger partial charge in [-0.05, 0) is 57.6 Å². The van der Waals surface area contributed by atoms with Gasteiger partial charge in [0.2, 0.25) is 0 Å². The number of nitrogen functional groups attached to an aromatic ring is 1. The fourth-order valence-corrected chi connectivity index (χ4v) is 2.92. The van der Waals surface area contributed by atoms with Crippen LogP contribution >= 0.6 is 27.3 Å². The van der Waals surface area contributed by atoms with E-state index in [0.29, 0.717) is 0 Å². The number of hydrogen-bond donors (Lipinski definition) is 1. The average Bonchev–Trinajstić information content (AvgIpc) is 2.57. The molecule has 0 aliphatic heterocycles. The fraction of sp³-hybridized carbons (Fsp3) is 0.0909.